The minimum absolute atomic E-state index is 0.170. The van der Waals surface area contributed by atoms with Gasteiger partial charge in [0.05, 0.1) is 5.56 Å². The Hall–Kier alpha value is -7.50. The molecule has 5 heteroatoms. The molecule has 0 unspecified atom stereocenters. The van der Waals surface area contributed by atoms with E-state index in [0.29, 0.717) is 16.3 Å². The van der Waals surface area contributed by atoms with E-state index in [1.165, 1.54) is 37.9 Å². The Kier molecular flexibility index (Phi) is 7.19. The molecule has 10 rings (SSSR count). The quantitative estimate of drug-likeness (QED) is 0.0541. The smallest absolute Gasteiger partial charge is 0.208 e. The molecule has 0 amide bonds. The molecular weight excluding hydrogens is 681 g/mol. The van der Waals surface area contributed by atoms with Crippen LogP contribution < -0.4 is 0 Å². The van der Waals surface area contributed by atoms with Crippen molar-refractivity contribution in [1.82, 2.24) is 0 Å². The molecule has 0 radical (unpaired) electrons. The van der Waals surface area contributed by atoms with Crippen LogP contribution >= 0.6 is 0 Å². The number of hydrogen-bond donors (Lipinski definition) is 5. The summed E-state index contributed by atoms with van der Waals surface area (Å²) in [6, 6.07) is 56.4. The Morgan fingerprint density at radius 2 is 0.691 bits per heavy atom. The van der Waals surface area contributed by atoms with Crippen LogP contribution in [0.2, 0.25) is 0 Å². The number of benzene rings is 10. The topological polar surface area (TPSA) is 101 Å². The predicted octanol–water partition coefficient (Wildman–Crippen LogP) is 12.6. The van der Waals surface area contributed by atoms with E-state index < -0.39 is 28.7 Å². The van der Waals surface area contributed by atoms with E-state index in [1.807, 2.05) is 48.5 Å². The minimum Gasteiger partial charge on any atom is -0.504 e. The maximum absolute atomic E-state index is 11.0. The van der Waals surface area contributed by atoms with E-state index in [4.69, 9.17) is 0 Å². The minimum atomic E-state index is -0.991. The Bertz CT molecular complexity index is 3100. The summed E-state index contributed by atoms with van der Waals surface area (Å²) in [5.41, 5.74) is 6.68. The van der Waals surface area contributed by atoms with Crippen LogP contribution in [0.1, 0.15) is 0 Å². The molecule has 0 aliphatic heterocycles. The van der Waals surface area contributed by atoms with Crippen LogP contribution in [0.15, 0.2) is 164 Å². The second kappa shape index (κ2) is 12.3. The van der Waals surface area contributed by atoms with Gasteiger partial charge in [-0.2, -0.15) is 0 Å². The van der Waals surface area contributed by atoms with Gasteiger partial charge in [0.25, 0.3) is 0 Å². The van der Waals surface area contributed by atoms with Gasteiger partial charge in [-0.15, -0.1) is 0 Å². The number of fused-ring (bicyclic) bond motifs is 6. The summed E-state index contributed by atoms with van der Waals surface area (Å²) in [7, 11) is 0. The number of aromatic hydroxyl groups is 5. The van der Waals surface area contributed by atoms with Crippen LogP contribution in [0.25, 0.3) is 98.4 Å². The molecule has 0 saturated heterocycles. The summed E-state index contributed by atoms with van der Waals surface area (Å²) < 4.78 is 0. The van der Waals surface area contributed by atoms with E-state index in [2.05, 4.69) is 115 Å². The first-order chi connectivity index (χ1) is 26.9. The van der Waals surface area contributed by atoms with Crippen LogP contribution in [0.3, 0.4) is 0 Å². The lowest BCUT2D eigenvalue weighted by Gasteiger charge is -2.20. The SMILES string of the molecule is Oc1c(O)c(O)c(-c2c3ccccc3c(-c3ccc(-c4ccc(-c5cccc6c5ccc5cc7ccccc7cc56)cc4)cc3)c3ccccc23)c(O)c1O. The highest BCUT2D eigenvalue weighted by molar-refractivity contribution is 6.23. The first-order valence-corrected chi connectivity index (χ1v) is 18.1. The Morgan fingerprint density at radius 1 is 0.236 bits per heavy atom. The lowest BCUT2D eigenvalue weighted by Crippen LogP contribution is -1.92. The lowest BCUT2D eigenvalue weighted by atomic mass is 9.85. The first-order valence-electron chi connectivity index (χ1n) is 18.1. The number of rotatable bonds is 4. The van der Waals surface area contributed by atoms with Crippen LogP contribution in [-0.2, 0) is 0 Å². The molecule has 5 nitrogen and oxygen atoms in total. The van der Waals surface area contributed by atoms with E-state index in [-0.39, 0.29) is 5.56 Å². The fourth-order valence-electron chi connectivity index (χ4n) is 8.34. The third-order valence-corrected chi connectivity index (χ3v) is 11.0. The fourth-order valence-corrected chi connectivity index (χ4v) is 8.34. The highest BCUT2D eigenvalue weighted by atomic mass is 16.4. The second-order valence-electron chi connectivity index (χ2n) is 14.0. The zero-order valence-corrected chi connectivity index (χ0v) is 29.3. The van der Waals surface area contributed by atoms with E-state index >= 15 is 0 Å². The normalized spacial score (nSPS) is 11.6. The highest BCUT2D eigenvalue weighted by Gasteiger charge is 2.28. The molecule has 262 valence electrons. The van der Waals surface area contributed by atoms with Gasteiger partial charge in [0, 0.05) is 5.56 Å². The molecule has 0 aliphatic carbocycles. The Labute approximate surface area is 315 Å². The number of hydrogen-bond acceptors (Lipinski definition) is 5. The monoisotopic (exact) mass is 712 g/mol. The molecule has 0 fully saturated rings. The summed E-state index contributed by atoms with van der Waals surface area (Å²) >= 11 is 0. The summed E-state index contributed by atoms with van der Waals surface area (Å²) in [6.07, 6.45) is 0. The predicted molar refractivity (Wildman–Crippen MR) is 224 cm³/mol. The van der Waals surface area contributed by atoms with Crippen molar-refractivity contribution in [2.45, 2.75) is 0 Å². The van der Waals surface area contributed by atoms with Crippen molar-refractivity contribution < 1.29 is 25.5 Å². The third kappa shape index (κ3) is 4.94. The van der Waals surface area contributed by atoms with Gasteiger partial charge in [0.15, 0.2) is 11.5 Å². The van der Waals surface area contributed by atoms with Crippen molar-refractivity contribution in [2.24, 2.45) is 0 Å². The summed E-state index contributed by atoms with van der Waals surface area (Å²) in [5, 5.41) is 63.5. The Balaban J connectivity index is 1.05. The van der Waals surface area contributed by atoms with Gasteiger partial charge in [-0.25, -0.2) is 0 Å². The van der Waals surface area contributed by atoms with Gasteiger partial charge < -0.3 is 25.5 Å². The van der Waals surface area contributed by atoms with Crippen molar-refractivity contribution in [3.63, 3.8) is 0 Å². The van der Waals surface area contributed by atoms with Crippen LogP contribution in [0, 0.1) is 0 Å². The van der Waals surface area contributed by atoms with Crippen molar-refractivity contribution in [3.05, 3.63) is 164 Å². The van der Waals surface area contributed by atoms with E-state index in [0.717, 1.165) is 38.6 Å². The van der Waals surface area contributed by atoms with Crippen molar-refractivity contribution in [2.75, 3.05) is 0 Å². The van der Waals surface area contributed by atoms with Crippen molar-refractivity contribution in [1.29, 1.82) is 0 Å². The average Bonchev–Trinajstić information content (AvgIpc) is 3.24. The molecule has 0 spiro atoms. The molecule has 0 aliphatic rings. The molecule has 10 aromatic rings. The zero-order valence-electron chi connectivity index (χ0n) is 29.3. The molecule has 55 heavy (non-hydrogen) atoms. The molecule has 0 atom stereocenters. The number of phenolic OH excluding ortho intramolecular Hbond substituents is 5. The standard InChI is InChI=1S/C50H32O5/c51-46-45(47(52)49(54)50(55)48(46)53)44-40-12-5-3-10-38(40)43(39-11-4-6-13-41(39)44)31-22-18-29(19-23-31)28-16-20-30(21-17-28)35-14-7-15-36-37(35)25-24-34-26-32-8-1-2-9-33(32)27-42(34)36/h1-27,51-55H. The van der Waals surface area contributed by atoms with E-state index in [1.54, 1.807) is 0 Å². The van der Waals surface area contributed by atoms with Gasteiger partial charge >= 0.3 is 0 Å². The third-order valence-electron chi connectivity index (χ3n) is 11.0. The lowest BCUT2D eigenvalue weighted by molar-refractivity contribution is 0.330. The maximum atomic E-state index is 11.0. The molecule has 0 saturated carbocycles. The zero-order chi connectivity index (χ0) is 37.4. The summed E-state index contributed by atoms with van der Waals surface area (Å²) in [5.74, 6) is -4.27. The van der Waals surface area contributed by atoms with Crippen LogP contribution in [-0.4, -0.2) is 25.5 Å². The summed E-state index contributed by atoms with van der Waals surface area (Å²) in [4.78, 5) is 0. The largest absolute Gasteiger partial charge is 0.504 e. The van der Waals surface area contributed by atoms with Crippen molar-refractivity contribution in [3.8, 4) is 73.3 Å². The fraction of sp³-hybridized carbons (Fsp3) is 0. The van der Waals surface area contributed by atoms with Crippen LogP contribution in [0.4, 0.5) is 0 Å². The molecule has 0 aromatic heterocycles. The molecule has 5 N–H and O–H groups in total. The molecule has 0 bridgehead atoms. The van der Waals surface area contributed by atoms with Crippen molar-refractivity contribution >= 4 is 53.9 Å². The Morgan fingerprint density at radius 3 is 1.27 bits per heavy atom. The van der Waals surface area contributed by atoms with E-state index in [9.17, 15) is 25.5 Å². The van der Waals surface area contributed by atoms with Gasteiger partial charge in [-0.3, -0.25) is 0 Å². The molecule has 10 aromatic carbocycles. The average molecular weight is 713 g/mol. The van der Waals surface area contributed by atoms with Gasteiger partial charge in [-0.1, -0.05) is 152 Å². The number of phenols is 5. The highest BCUT2D eigenvalue weighted by Crippen LogP contribution is 2.57. The van der Waals surface area contributed by atoms with Gasteiger partial charge in [0.1, 0.15) is 0 Å². The maximum Gasteiger partial charge on any atom is 0.208 e. The molecule has 0 heterocycles. The summed E-state index contributed by atoms with van der Waals surface area (Å²) in [6.45, 7) is 0. The molecular formula is C50H32O5. The first kappa shape index (κ1) is 32.2. The second-order valence-corrected chi connectivity index (χ2v) is 14.0. The van der Waals surface area contributed by atoms with Crippen LogP contribution in [0.5, 0.6) is 28.7 Å². The van der Waals surface area contributed by atoms with Gasteiger partial charge in [-0.05, 0) is 99.4 Å². The van der Waals surface area contributed by atoms with Gasteiger partial charge in [0.2, 0.25) is 17.2 Å².